The first kappa shape index (κ1) is 15.3. The molecule has 18 heavy (non-hydrogen) atoms. The Morgan fingerprint density at radius 2 is 1.67 bits per heavy atom. The minimum absolute atomic E-state index is 0.309. The lowest BCUT2D eigenvalue weighted by Gasteiger charge is -2.52. The average molecular weight is 302 g/mol. The zero-order valence-electron chi connectivity index (χ0n) is 8.26. The van der Waals surface area contributed by atoms with E-state index in [9.17, 15) is 31.1 Å². The van der Waals surface area contributed by atoms with Crippen LogP contribution in [0.5, 0.6) is 0 Å². The van der Waals surface area contributed by atoms with Gasteiger partial charge in [-0.2, -0.15) is 26.3 Å². The van der Waals surface area contributed by atoms with E-state index in [1.165, 1.54) is 0 Å². The van der Waals surface area contributed by atoms with Crippen molar-refractivity contribution in [3.8, 4) is 0 Å². The van der Waals surface area contributed by atoms with Gasteiger partial charge in [-0.15, -0.1) is 4.33 Å². The second kappa shape index (κ2) is 4.15. The number of ether oxygens (including phenoxy) is 1. The summed E-state index contributed by atoms with van der Waals surface area (Å²) in [6.07, 6.45) is -11.8. The molecule has 0 amide bonds. The van der Waals surface area contributed by atoms with Crippen molar-refractivity contribution in [3.63, 3.8) is 0 Å². The first-order chi connectivity index (χ1) is 7.94. The predicted octanol–water partition coefficient (Wildman–Crippen LogP) is 2.23. The fraction of sp³-hybridized carbons (Fsp3) is 0.833. The monoisotopic (exact) mass is 302 g/mol. The van der Waals surface area contributed by atoms with Gasteiger partial charge in [0.1, 0.15) is 0 Å². The largest absolute Gasteiger partial charge is 0.439 e. The summed E-state index contributed by atoms with van der Waals surface area (Å²) in [4.78, 5) is 10.9. The number of hydrogen-bond acceptors (Lipinski definition) is 6. The smallest absolute Gasteiger partial charge is 0.436 e. The number of carbonyl (C=O) groups excluding carboxylic acids is 1. The van der Waals surface area contributed by atoms with E-state index in [4.69, 9.17) is 5.26 Å². The first-order valence-corrected chi connectivity index (χ1v) is 4.71. The van der Waals surface area contributed by atoms with Crippen LogP contribution < -0.4 is 0 Å². The highest BCUT2D eigenvalue weighted by Gasteiger charge is 2.91. The molecule has 5 nitrogen and oxygen atoms in total. The Morgan fingerprint density at radius 1 is 1.22 bits per heavy atom. The molecule has 0 spiro atoms. The first-order valence-electron chi connectivity index (χ1n) is 3.97. The molecule has 1 N–H and O–H groups in total. The number of halogens is 6. The number of carbonyl (C=O) groups is 1. The van der Waals surface area contributed by atoms with Crippen LogP contribution in [-0.4, -0.2) is 33.9 Å². The van der Waals surface area contributed by atoms with Gasteiger partial charge in [0.2, 0.25) is 0 Å². The fourth-order valence-corrected chi connectivity index (χ4v) is 2.09. The predicted molar refractivity (Wildman–Crippen MR) is 41.7 cm³/mol. The summed E-state index contributed by atoms with van der Waals surface area (Å²) < 4.78 is 79.2. The number of hydrogen-bond donors (Lipinski definition) is 1. The number of cyclic esters (lactones) is 1. The summed E-state index contributed by atoms with van der Waals surface area (Å²) >= 11 is -0.652. The van der Waals surface area contributed by atoms with Crippen molar-refractivity contribution < 1.29 is 50.5 Å². The fourth-order valence-electron chi connectivity index (χ4n) is 1.42. The van der Waals surface area contributed by atoms with Gasteiger partial charge < -0.3 is 4.74 Å². The van der Waals surface area contributed by atoms with Crippen LogP contribution in [0.25, 0.3) is 0 Å². The maximum atomic E-state index is 12.6. The second-order valence-electron chi connectivity index (χ2n) is 3.33. The van der Waals surface area contributed by atoms with Crippen LogP contribution in [0.3, 0.4) is 0 Å². The standard InChI is InChI=1S/C6H4F6O5S/c1-3(18-17-16-14)2(13)15-4(3,5(7,8)9)6(10,11)12/h14H,1H3. The molecule has 1 rings (SSSR count). The Morgan fingerprint density at radius 3 is 1.94 bits per heavy atom. The Hall–Kier alpha value is -0.720. The molecule has 12 heteroatoms. The molecule has 0 aromatic rings. The topological polar surface area (TPSA) is 65.0 Å². The Bertz CT molecular complexity index is 339. The molecule has 1 aliphatic heterocycles. The van der Waals surface area contributed by atoms with Gasteiger partial charge in [0, 0.05) is 0 Å². The van der Waals surface area contributed by atoms with Crippen LogP contribution in [0.2, 0.25) is 0 Å². The van der Waals surface area contributed by atoms with Crippen LogP contribution in [0.15, 0.2) is 0 Å². The minimum Gasteiger partial charge on any atom is -0.436 e. The molecular formula is C6H4F6O5S. The Balaban J connectivity index is 3.26. The number of rotatable bonds is 3. The Labute approximate surface area is 99.0 Å². The van der Waals surface area contributed by atoms with Crippen LogP contribution >= 0.6 is 12.0 Å². The maximum Gasteiger partial charge on any atom is 0.439 e. The van der Waals surface area contributed by atoms with Crippen LogP contribution in [0.1, 0.15) is 6.92 Å². The van der Waals surface area contributed by atoms with E-state index in [2.05, 4.69) is 14.1 Å². The summed E-state index contributed by atoms with van der Waals surface area (Å²) in [5.41, 5.74) is -4.73. The summed E-state index contributed by atoms with van der Waals surface area (Å²) in [6.45, 7) is 0.309. The third kappa shape index (κ3) is 1.74. The van der Waals surface area contributed by atoms with Crippen molar-refractivity contribution in [1.82, 2.24) is 0 Å². The van der Waals surface area contributed by atoms with E-state index >= 15 is 0 Å². The molecule has 1 unspecified atom stereocenters. The molecule has 0 bridgehead atoms. The van der Waals surface area contributed by atoms with Crippen molar-refractivity contribution in [3.05, 3.63) is 0 Å². The summed E-state index contributed by atoms with van der Waals surface area (Å²) in [5, 5.41) is 10.7. The van der Waals surface area contributed by atoms with E-state index in [1.807, 2.05) is 0 Å². The molecular weight excluding hydrogens is 298 g/mol. The lowest BCUT2D eigenvalue weighted by Crippen LogP contribution is -2.81. The lowest BCUT2D eigenvalue weighted by molar-refractivity contribution is -0.436. The quantitative estimate of drug-likeness (QED) is 0.283. The third-order valence-corrected chi connectivity index (χ3v) is 3.25. The highest BCUT2D eigenvalue weighted by atomic mass is 32.2. The average Bonchev–Trinajstić information content (AvgIpc) is 2.18. The van der Waals surface area contributed by atoms with Crippen molar-refractivity contribution in [2.45, 2.75) is 29.6 Å². The third-order valence-electron chi connectivity index (χ3n) is 2.34. The van der Waals surface area contributed by atoms with E-state index < -0.39 is 40.7 Å². The van der Waals surface area contributed by atoms with Gasteiger partial charge in [0.15, 0.2) is 4.75 Å². The zero-order chi connectivity index (χ0) is 14.4. The second-order valence-corrected chi connectivity index (χ2v) is 4.44. The van der Waals surface area contributed by atoms with Gasteiger partial charge in [-0.3, -0.25) is 4.79 Å². The summed E-state index contributed by atoms with van der Waals surface area (Å²) in [7, 11) is 0. The van der Waals surface area contributed by atoms with E-state index in [0.29, 0.717) is 6.92 Å². The van der Waals surface area contributed by atoms with Gasteiger partial charge >= 0.3 is 23.9 Å². The lowest BCUT2D eigenvalue weighted by atomic mass is 9.80. The van der Waals surface area contributed by atoms with Crippen molar-refractivity contribution in [2.75, 3.05) is 0 Å². The normalized spacial score (nSPS) is 27.7. The molecule has 1 heterocycles. The van der Waals surface area contributed by atoms with E-state index in [-0.39, 0.29) is 0 Å². The van der Waals surface area contributed by atoms with E-state index in [1.54, 1.807) is 0 Å². The van der Waals surface area contributed by atoms with Gasteiger partial charge in [0.25, 0.3) is 0 Å². The van der Waals surface area contributed by atoms with Crippen LogP contribution in [0, 0.1) is 0 Å². The molecule has 0 aliphatic carbocycles. The van der Waals surface area contributed by atoms with Gasteiger partial charge in [-0.25, -0.2) is 5.26 Å². The maximum absolute atomic E-state index is 12.6. The van der Waals surface area contributed by atoms with Crippen molar-refractivity contribution in [1.29, 1.82) is 0 Å². The molecule has 0 aromatic carbocycles. The van der Waals surface area contributed by atoms with Gasteiger partial charge in [0.05, 0.1) is 12.0 Å². The summed E-state index contributed by atoms with van der Waals surface area (Å²) in [6, 6.07) is 0. The molecule has 1 saturated heterocycles. The highest BCUT2D eigenvalue weighted by Crippen LogP contribution is 2.62. The SMILES string of the molecule is CC1(SOOO)C(=O)OC1(C(F)(F)F)C(F)(F)F. The molecule has 0 radical (unpaired) electrons. The molecule has 0 aromatic heterocycles. The van der Waals surface area contributed by atoms with Gasteiger partial charge in [-0.1, -0.05) is 5.04 Å². The van der Waals surface area contributed by atoms with Crippen LogP contribution in [0.4, 0.5) is 26.3 Å². The number of alkyl halides is 6. The zero-order valence-corrected chi connectivity index (χ0v) is 9.07. The Kier molecular flexibility index (Phi) is 3.53. The molecule has 0 saturated carbocycles. The highest BCUT2D eigenvalue weighted by molar-refractivity contribution is 7.97. The number of esters is 1. The minimum atomic E-state index is -5.92. The summed E-state index contributed by atoms with van der Waals surface area (Å²) in [5.74, 6) is -1.81. The molecule has 1 aliphatic rings. The molecule has 1 fully saturated rings. The van der Waals surface area contributed by atoms with E-state index in [0.717, 1.165) is 0 Å². The van der Waals surface area contributed by atoms with Gasteiger partial charge in [-0.05, 0) is 6.92 Å². The molecule has 1 atom stereocenters. The van der Waals surface area contributed by atoms with Crippen LogP contribution in [-0.2, 0) is 18.9 Å². The molecule has 106 valence electrons. The van der Waals surface area contributed by atoms with Crippen molar-refractivity contribution >= 4 is 18.0 Å². The van der Waals surface area contributed by atoms with Crippen molar-refractivity contribution in [2.24, 2.45) is 0 Å².